The minimum atomic E-state index is -0.185. The van der Waals surface area contributed by atoms with E-state index in [9.17, 15) is 9.59 Å². The first-order valence-electron chi connectivity index (χ1n) is 7.00. The van der Waals surface area contributed by atoms with E-state index in [2.05, 4.69) is 5.32 Å². The standard InChI is InChI=1S/C16H22N2O2/c1-16(2,3)18-11-13(10-15(18)20)17-14(19)9-12-7-5-4-6-8-12/h4-8,13H,9-11H2,1-3H3,(H,17,19). The summed E-state index contributed by atoms with van der Waals surface area (Å²) in [7, 11) is 0. The number of likely N-dealkylation sites (tertiary alicyclic amines) is 1. The summed E-state index contributed by atoms with van der Waals surface area (Å²) in [5.74, 6) is 0.0901. The van der Waals surface area contributed by atoms with Crippen LogP contribution >= 0.6 is 0 Å². The zero-order chi connectivity index (χ0) is 14.8. The normalized spacial score (nSPS) is 19.2. The van der Waals surface area contributed by atoms with Crippen molar-refractivity contribution in [2.24, 2.45) is 0 Å². The number of carbonyl (C=O) groups is 2. The molecule has 1 N–H and O–H groups in total. The molecule has 0 radical (unpaired) electrons. The van der Waals surface area contributed by atoms with Gasteiger partial charge < -0.3 is 10.2 Å². The Kier molecular flexibility index (Phi) is 4.12. The molecular weight excluding hydrogens is 252 g/mol. The minimum Gasteiger partial charge on any atom is -0.351 e. The smallest absolute Gasteiger partial charge is 0.225 e. The number of rotatable bonds is 3. The predicted molar refractivity (Wildman–Crippen MR) is 78.2 cm³/mol. The van der Waals surface area contributed by atoms with Gasteiger partial charge in [-0.25, -0.2) is 0 Å². The monoisotopic (exact) mass is 274 g/mol. The van der Waals surface area contributed by atoms with Gasteiger partial charge in [-0.3, -0.25) is 9.59 Å². The fourth-order valence-corrected chi connectivity index (χ4v) is 2.51. The average Bonchev–Trinajstić information content (AvgIpc) is 2.71. The van der Waals surface area contributed by atoms with Gasteiger partial charge in [0.15, 0.2) is 0 Å². The van der Waals surface area contributed by atoms with Crippen molar-refractivity contribution in [2.45, 2.75) is 45.2 Å². The molecule has 0 bridgehead atoms. The third kappa shape index (κ3) is 3.59. The fraction of sp³-hybridized carbons (Fsp3) is 0.500. The van der Waals surface area contributed by atoms with Gasteiger partial charge in [-0.15, -0.1) is 0 Å². The predicted octanol–water partition coefficient (Wildman–Crippen LogP) is 1.74. The van der Waals surface area contributed by atoms with E-state index in [1.54, 1.807) is 0 Å². The summed E-state index contributed by atoms with van der Waals surface area (Å²) in [4.78, 5) is 25.8. The van der Waals surface area contributed by atoms with Crippen molar-refractivity contribution in [3.63, 3.8) is 0 Å². The maximum atomic E-state index is 12.0. The number of hydrogen-bond donors (Lipinski definition) is 1. The number of hydrogen-bond acceptors (Lipinski definition) is 2. The lowest BCUT2D eigenvalue weighted by Gasteiger charge is -2.32. The average molecular weight is 274 g/mol. The largest absolute Gasteiger partial charge is 0.351 e. The lowest BCUT2D eigenvalue weighted by molar-refractivity contribution is -0.131. The van der Waals surface area contributed by atoms with E-state index < -0.39 is 0 Å². The van der Waals surface area contributed by atoms with Gasteiger partial charge in [-0.1, -0.05) is 30.3 Å². The second-order valence-corrected chi connectivity index (χ2v) is 6.31. The first-order chi connectivity index (χ1) is 9.36. The Bertz CT molecular complexity index is 491. The summed E-state index contributed by atoms with van der Waals surface area (Å²) in [6, 6.07) is 9.56. The van der Waals surface area contributed by atoms with Gasteiger partial charge in [-0.2, -0.15) is 0 Å². The molecule has 0 aromatic heterocycles. The molecule has 1 aliphatic heterocycles. The summed E-state index contributed by atoms with van der Waals surface area (Å²) in [5.41, 5.74) is 0.803. The van der Waals surface area contributed by atoms with Crippen LogP contribution in [0.1, 0.15) is 32.8 Å². The highest BCUT2D eigenvalue weighted by molar-refractivity contribution is 5.83. The van der Waals surface area contributed by atoms with E-state index in [1.807, 2.05) is 56.0 Å². The number of nitrogens with zero attached hydrogens (tertiary/aromatic N) is 1. The van der Waals surface area contributed by atoms with Crippen LogP contribution in [0.3, 0.4) is 0 Å². The molecule has 4 nitrogen and oxygen atoms in total. The van der Waals surface area contributed by atoms with E-state index in [-0.39, 0.29) is 23.4 Å². The summed E-state index contributed by atoms with van der Waals surface area (Å²) in [6.45, 7) is 6.64. The topological polar surface area (TPSA) is 49.4 Å². The fourth-order valence-electron chi connectivity index (χ4n) is 2.51. The molecule has 2 amide bonds. The van der Waals surface area contributed by atoms with E-state index in [0.29, 0.717) is 19.4 Å². The maximum Gasteiger partial charge on any atom is 0.225 e. The molecule has 2 rings (SSSR count). The van der Waals surface area contributed by atoms with Crippen LogP contribution in [-0.4, -0.2) is 34.8 Å². The molecule has 4 heteroatoms. The number of nitrogens with one attached hydrogen (secondary N) is 1. The summed E-state index contributed by atoms with van der Waals surface area (Å²) >= 11 is 0. The molecule has 1 fully saturated rings. The molecule has 0 aliphatic carbocycles. The van der Waals surface area contributed by atoms with Crippen LogP contribution in [0.4, 0.5) is 0 Å². The molecule has 1 heterocycles. The molecule has 1 atom stereocenters. The molecule has 1 aromatic carbocycles. The van der Waals surface area contributed by atoms with Gasteiger partial charge in [0.25, 0.3) is 0 Å². The maximum absolute atomic E-state index is 12.0. The van der Waals surface area contributed by atoms with E-state index in [1.165, 1.54) is 0 Å². The van der Waals surface area contributed by atoms with Crippen LogP contribution in [0, 0.1) is 0 Å². The zero-order valence-corrected chi connectivity index (χ0v) is 12.3. The molecule has 1 aliphatic rings. The summed E-state index contributed by atoms with van der Waals surface area (Å²) < 4.78 is 0. The first kappa shape index (κ1) is 14.6. The van der Waals surface area contributed by atoms with Crippen LogP contribution in [0.5, 0.6) is 0 Å². The Morgan fingerprint density at radius 1 is 1.30 bits per heavy atom. The molecular formula is C16H22N2O2. The van der Waals surface area contributed by atoms with Crippen molar-refractivity contribution in [3.8, 4) is 0 Å². The van der Waals surface area contributed by atoms with Crippen LogP contribution in [0.25, 0.3) is 0 Å². The van der Waals surface area contributed by atoms with Crippen LogP contribution in [0.2, 0.25) is 0 Å². The lowest BCUT2D eigenvalue weighted by atomic mass is 10.1. The molecule has 0 saturated carbocycles. The third-order valence-corrected chi connectivity index (χ3v) is 3.51. The number of amides is 2. The number of benzene rings is 1. The van der Waals surface area contributed by atoms with Crippen LogP contribution in [-0.2, 0) is 16.0 Å². The van der Waals surface area contributed by atoms with Crippen molar-refractivity contribution >= 4 is 11.8 Å². The number of carbonyl (C=O) groups excluding carboxylic acids is 2. The van der Waals surface area contributed by atoms with Gasteiger partial charge in [-0.05, 0) is 26.3 Å². The van der Waals surface area contributed by atoms with Gasteiger partial charge in [0.2, 0.25) is 11.8 Å². The molecule has 108 valence electrons. The molecule has 1 saturated heterocycles. The second-order valence-electron chi connectivity index (χ2n) is 6.31. The Morgan fingerprint density at radius 2 is 1.95 bits per heavy atom. The van der Waals surface area contributed by atoms with Crippen molar-refractivity contribution in [1.29, 1.82) is 0 Å². The highest BCUT2D eigenvalue weighted by Gasteiger charge is 2.36. The van der Waals surface area contributed by atoms with E-state index in [4.69, 9.17) is 0 Å². The molecule has 1 unspecified atom stereocenters. The minimum absolute atomic E-state index is 0.0234. The van der Waals surface area contributed by atoms with Gasteiger partial charge >= 0.3 is 0 Å². The second kappa shape index (κ2) is 5.65. The Hall–Kier alpha value is -1.84. The lowest BCUT2D eigenvalue weighted by Crippen LogP contribution is -2.44. The van der Waals surface area contributed by atoms with Gasteiger partial charge in [0.05, 0.1) is 12.5 Å². The zero-order valence-electron chi connectivity index (χ0n) is 12.3. The molecule has 20 heavy (non-hydrogen) atoms. The van der Waals surface area contributed by atoms with Crippen molar-refractivity contribution in [1.82, 2.24) is 10.2 Å². The molecule has 1 aromatic rings. The Labute approximate surface area is 120 Å². The SMILES string of the molecule is CC(C)(C)N1CC(NC(=O)Cc2ccccc2)CC1=O. The Balaban J connectivity index is 1.89. The van der Waals surface area contributed by atoms with Crippen molar-refractivity contribution < 1.29 is 9.59 Å². The quantitative estimate of drug-likeness (QED) is 0.913. The van der Waals surface area contributed by atoms with Gasteiger partial charge in [0, 0.05) is 18.5 Å². The van der Waals surface area contributed by atoms with Crippen molar-refractivity contribution in [3.05, 3.63) is 35.9 Å². The third-order valence-electron chi connectivity index (χ3n) is 3.51. The Morgan fingerprint density at radius 3 is 2.50 bits per heavy atom. The van der Waals surface area contributed by atoms with E-state index >= 15 is 0 Å². The van der Waals surface area contributed by atoms with E-state index in [0.717, 1.165) is 5.56 Å². The summed E-state index contributed by atoms with van der Waals surface area (Å²) in [5, 5.41) is 2.96. The van der Waals surface area contributed by atoms with Crippen molar-refractivity contribution in [2.75, 3.05) is 6.54 Å². The highest BCUT2D eigenvalue weighted by atomic mass is 16.2. The van der Waals surface area contributed by atoms with Crippen LogP contribution in [0.15, 0.2) is 30.3 Å². The first-order valence-corrected chi connectivity index (χ1v) is 7.00. The van der Waals surface area contributed by atoms with Crippen LogP contribution < -0.4 is 5.32 Å². The van der Waals surface area contributed by atoms with Gasteiger partial charge in [0.1, 0.15) is 0 Å². The molecule has 0 spiro atoms. The summed E-state index contributed by atoms with van der Waals surface area (Å²) in [6.07, 6.45) is 0.763. The highest BCUT2D eigenvalue weighted by Crippen LogP contribution is 2.21.